The highest BCUT2D eigenvalue weighted by atomic mass is 35.5. The lowest BCUT2D eigenvalue weighted by Gasteiger charge is -2.38. The molecule has 8 nitrogen and oxygen atoms in total. The maximum Gasteiger partial charge on any atom is 0.411 e. The van der Waals surface area contributed by atoms with Gasteiger partial charge in [-0.25, -0.2) is 4.79 Å². The van der Waals surface area contributed by atoms with Crippen LogP contribution in [0.2, 0.25) is 10.0 Å². The first kappa shape index (κ1) is 34.2. The predicted molar refractivity (Wildman–Crippen MR) is 179 cm³/mol. The van der Waals surface area contributed by atoms with E-state index in [0.717, 1.165) is 62.5 Å². The molecule has 2 aliphatic heterocycles. The van der Waals surface area contributed by atoms with E-state index in [1.165, 1.54) is 0 Å². The molecule has 1 atom stereocenters. The summed E-state index contributed by atoms with van der Waals surface area (Å²) in [5.41, 5.74) is 2.76. The van der Waals surface area contributed by atoms with Crippen LogP contribution in [0, 0.1) is 11.3 Å². The lowest BCUT2D eigenvalue weighted by molar-refractivity contribution is -0.121. The second-order valence-corrected chi connectivity index (χ2v) is 14.2. The van der Waals surface area contributed by atoms with Crippen molar-refractivity contribution in [1.82, 2.24) is 9.80 Å². The van der Waals surface area contributed by atoms with Crippen LogP contribution in [0.3, 0.4) is 0 Å². The van der Waals surface area contributed by atoms with Gasteiger partial charge in [-0.15, -0.1) is 0 Å². The molecule has 4 rings (SSSR count). The van der Waals surface area contributed by atoms with Crippen LogP contribution in [0.4, 0.5) is 16.2 Å². The van der Waals surface area contributed by atoms with Crippen LogP contribution in [0.15, 0.2) is 36.4 Å². The Hall–Kier alpha value is -2.68. The maximum atomic E-state index is 13.2. The SMILES string of the molecule is CC(C)C(OC(=O)N(C)CC(C)(C)C)N1C(=O)CCc2ccc(OCCCCN3CCN(c4cccc(Cl)c4Cl)CC3)cc21. The van der Waals surface area contributed by atoms with Crippen LogP contribution in [0.5, 0.6) is 5.75 Å². The summed E-state index contributed by atoms with van der Waals surface area (Å²) < 4.78 is 12.1. The van der Waals surface area contributed by atoms with Gasteiger partial charge >= 0.3 is 6.09 Å². The van der Waals surface area contributed by atoms with Crippen molar-refractivity contribution in [1.29, 1.82) is 0 Å². The summed E-state index contributed by atoms with van der Waals surface area (Å²) in [6.07, 6.45) is 1.85. The third-order valence-electron chi connectivity index (χ3n) is 8.04. The van der Waals surface area contributed by atoms with Gasteiger partial charge in [0.15, 0.2) is 6.23 Å². The molecule has 0 saturated carbocycles. The van der Waals surface area contributed by atoms with Crippen molar-refractivity contribution in [2.75, 3.05) is 62.7 Å². The van der Waals surface area contributed by atoms with Crippen molar-refractivity contribution >= 4 is 46.6 Å². The van der Waals surface area contributed by atoms with Crippen molar-refractivity contribution in [3.63, 3.8) is 0 Å². The van der Waals surface area contributed by atoms with E-state index in [9.17, 15) is 9.59 Å². The molecule has 2 heterocycles. The summed E-state index contributed by atoms with van der Waals surface area (Å²) in [6, 6.07) is 11.7. The Bertz CT molecular complexity index is 1290. The molecule has 2 amide bonds. The van der Waals surface area contributed by atoms with Crippen LogP contribution in [0.1, 0.15) is 59.4 Å². The Morgan fingerprint density at radius 2 is 1.73 bits per heavy atom. The van der Waals surface area contributed by atoms with Gasteiger partial charge in [-0.1, -0.05) is 70.0 Å². The van der Waals surface area contributed by atoms with Gasteiger partial charge in [0.05, 0.1) is 28.0 Å². The minimum atomic E-state index is -0.706. The fourth-order valence-corrected chi connectivity index (χ4v) is 6.29. The van der Waals surface area contributed by atoms with Crippen molar-refractivity contribution < 1.29 is 19.1 Å². The number of rotatable bonds is 11. The molecule has 2 aromatic carbocycles. The summed E-state index contributed by atoms with van der Waals surface area (Å²) in [5.74, 6) is 0.581. The fraction of sp³-hybridized carbons (Fsp3) is 0.588. The average molecular weight is 648 g/mol. The minimum Gasteiger partial charge on any atom is -0.494 e. The molecule has 242 valence electrons. The van der Waals surface area contributed by atoms with Gasteiger partial charge in [0.2, 0.25) is 5.91 Å². The second kappa shape index (κ2) is 15.1. The largest absolute Gasteiger partial charge is 0.494 e. The number of hydrogen-bond acceptors (Lipinski definition) is 6. The number of benzene rings is 2. The van der Waals surface area contributed by atoms with E-state index in [1.807, 2.05) is 50.2 Å². The maximum absolute atomic E-state index is 13.2. The number of carbonyl (C=O) groups is 2. The Balaban J connectivity index is 1.29. The highest BCUT2D eigenvalue weighted by Gasteiger charge is 2.36. The molecule has 0 aromatic heterocycles. The molecule has 2 aliphatic rings. The quantitative estimate of drug-likeness (QED) is 0.238. The number of carbonyl (C=O) groups excluding carboxylic acids is 2. The topological polar surface area (TPSA) is 65.6 Å². The lowest BCUT2D eigenvalue weighted by atomic mass is 9.96. The Morgan fingerprint density at radius 1 is 1.00 bits per heavy atom. The Morgan fingerprint density at radius 3 is 2.41 bits per heavy atom. The van der Waals surface area contributed by atoms with Gasteiger partial charge in [0, 0.05) is 58.2 Å². The van der Waals surface area contributed by atoms with Gasteiger partial charge in [0.25, 0.3) is 0 Å². The minimum absolute atomic E-state index is 0.0441. The number of aryl methyl sites for hydroxylation is 1. The number of nitrogens with zero attached hydrogens (tertiary/aromatic N) is 4. The molecule has 0 N–H and O–H groups in total. The van der Waals surface area contributed by atoms with Crippen LogP contribution < -0.4 is 14.5 Å². The Labute approximate surface area is 273 Å². The highest BCUT2D eigenvalue weighted by Crippen LogP contribution is 2.36. The summed E-state index contributed by atoms with van der Waals surface area (Å²) in [6.45, 7) is 16.1. The Kier molecular flexibility index (Phi) is 11.7. The number of unbranched alkanes of at least 4 members (excludes halogenated alkanes) is 1. The van der Waals surface area contributed by atoms with Crippen molar-refractivity contribution in [3.8, 4) is 5.75 Å². The monoisotopic (exact) mass is 646 g/mol. The molecule has 0 aliphatic carbocycles. The van der Waals surface area contributed by atoms with E-state index in [-0.39, 0.29) is 17.2 Å². The third kappa shape index (κ3) is 8.95. The summed E-state index contributed by atoms with van der Waals surface area (Å²) in [7, 11) is 1.74. The normalized spacial score (nSPS) is 16.6. The first-order chi connectivity index (χ1) is 20.8. The molecule has 10 heteroatoms. The fourth-order valence-electron chi connectivity index (χ4n) is 5.88. The molecule has 1 saturated heterocycles. The zero-order valence-electron chi connectivity index (χ0n) is 27.1. The van der Waals surface area contributed by atoms with Gasteiger partial charge in [-0.2, -0.15) is 0 Å². The number of fused-ring (bicyclic) bond motifs is 1. The van der Waals surface area contributed by atoms with Crippen LogP contribution in [0.25, 0.3) is 0 Å². The van der Waals surface area contributed by atoms with Gasteiger partial charge in [-0.3, -0.25) is 14.6 Å². The third-order valence-corrected chi connectivity index (χ3v) is 8.85. The van der Waals surface area contributed by atoms with E-state index >= 15 is 0 Å². The number of amides is 2. The van der Waals surface area contributed by atoms with Gasteiger partial charge < -0.3 is 19.3 Å². The summed E-state index contributed by atoms with van der Waals surface area (Å²) in [4.78, 5) is 34.3. The number of ether oxygens (including phenoxy) is 2. The van der Waals surface area contributed by atoms with Gasteiger partial charge in [0.1, 0.15) is 5.75 Å². The van der Waals surface area contributed by atoms with Crippen molar-refractivity contribution in [2.45, 2.75) is 66.5 Å². The van der Waals surface area contributed by atoms with E-state index in [2.05, 4.69) is 30.6 Å². The summed E-state index contributed by atoms with van der Waals surface area (Å²) >= 11 is 12.6. The van der Waals surface area contributed by atoms with E-state index in [4.69, 9.17) is 32.7 Å². The second-order valence-electron chi connectivity index (χ2n) is 13.4. The molecule has 1 fully saturated rings. The van der Waals surface area contributed by atoms with E-state index in [0.29, 0.717) is 41.8 Å². The van der Waals surface area contributed by atoms with Crippen molar-refractivity contribution in [2.24, 2.45) is 11.3 Å². The van der Waals surface area contributed by atoms with Gasteiger partial charge in [-0.05, 0) is 55.0 Å². The van der Waals surface area contributed by atoms with E-state index < -0.39 is 12.3 Å². The van der Waals surface area contributed by atoms with E-state index in [1.54, 1.807) is 16.8 Å². The number of piperazine rings is 1. The first-order valence-electron chi connectivity index (χ1n) is 15.7. The van der Waals surface area contributed by atoms with Crippen LogP contribution >= 0.6 is 23.2 Å². The zero-order valence-corrected chi connectivity index (χ0v) is 28.6. The molecule has 1 unspecified atom stereocenters. The average Bonchev–Trinajstić information content (AvgIpc) is 2.96. The van der Waals surface area contributed by atoms with Crippen LogP contribution in [-0.2, 0) is 16.0 Å². The molecule has 44 heavy (non-hydrogen) atoms. The standard InChI is InChI=1S/C34H48Cl2N4O4/c1-24(2)32(44-33(42)37(6)23-34(3,4)5)40-29-22-26(14-12-25(29)13-15-30(40)41)43-21-8-7-16-38-17-19-39(20-18-38)28-11-9-10-27(35)31(28)36/h9-12,14,22,24,32H,7-8,13,15-21,23H2,1-6H3. The molecular weight excluding hydrogens is 599 g/mol. The molecular formula is C34H48Cl2N4O4. The number of anilines is 2. The molecule has 0 radical (unpaired) electrons. The number of hydrogen-bond donors (Lipinski definition) is 0. The smallest absolute Gasteiger partial charge is 0.411 e. The molecule has 2 aromatic rings. The van der Waals surface area contributed by atoms with Crippen molar-refractivity contribution in [3.05, 3.63) is 52.0 Å². The molecule has 0 bridgehead atoms. The lowest BCUT2D eigenvalue weighted by Crippen LogP contribution is -2.50. The molecule has 0 spiro atoms. The zero-order chi connectivity index (χ0) is 32.0. The first-order valence-corrected chi connectivity index (χ1v) is 16.5. The highest BCUT2D eigenvalue weighted by molar-refractivity contribution is 6.43. The predicted octanol–water partition coefficient (Wildman–Crippen LogP) is 7.35. The summed E-state index contributed by atoms with van der Waals surface area (Å²) in [5, 5.41) is 1.21. The number of halogens is 2. The van der Waals surface area contributed by atoms with Crippen LogP contribution in [-0.4, -0.2) is 81.0 Å².